The second kappa shape index (κ2) is 4.17. The van der Waals surface area contributed by atoms with Crippen molar-refractivity contribution in [2.45, 2.75) is 5.92 Å². The summed E-state index contributed by atoms with van der Waals surface area (Å²) in [6.45, 7) is -1.97. The van der Waals surface area contributed by atoms with Crippen LogP contribution in [0.2, 0.25) is 0 Å². The number of nitrogens with two attached hydrogens (primary N) is 1. The Morgan fingerprint density at radius 3 is 2.94 bits per heavy atom. The first-order chi connectivity index (χ1) is 8.00. The zero-order chi connectivity index (χ0) is 12.5. The van der Waals surface area contributed by atoms with E-state index in [1.807, 2.05) is 0 Å². The van der Waals surface area contributed by atoms with Gasteiger partial charge in [-0.1, -0.05) is 0 Å². The fraction of sp³-hybridized carbons (Fsp3) is 0.300. The zero-order valence-electron chi connectivity index (χ0n) is 8.78. The Hall–Kier alpha value is -1.89. The number of aromatic nitrogens is 1. The number of rotatable bonds is 4. The van der Waals surface area contributed by atoms with Gasteiger partial charge in [0.15, 0.2) is 5.58 Å². The van der Waals surface area contributed by atoms with Crippen LogP contribution in [-0.4, -0.2) is 29.2 Å². The zero-order valence-corrected chi connectivity index (χ0v) is 8.78. The first-order valence-electron chi connectivity index (χ1n) is 4.89. The number of anilines is 2. The van der Waals surface area contributed by atoms with Crippen molar-refractivity contribution >= 4 is 22.8 Å². The third-order valence-electron chi connectivity index (χ3n) is 2.14. The number of benzene rings is 1. The molecule has 0 saturated carbocycles. The highest BCUT2D eigenvalue weighted by Crippen LogP contribution is 2.22. The van der Waals surface area contributed by atoms with Crippen LogP contribution in [0.1, 0.15) is 0 Å². The Morgan fingerprint density at radius 2 is 2.24 bits per heavy atom. The standard InChI is InChI=1S/C10H11F2N3O2/c11-10(12,5-16)4-14-9-15-7-3-6(13)1-2-8(7)17-9/h1-3,16H,4-5,13H2,(H,14,15). The molecule has 0 amide bonds. The Morgan fingerprint density at radius 1 is 1.47 bits per heavy atom. The number of alkyl halides is 2. The molecule has 1 aromatic carbocycles. The maximum atomic E-state index is 12.8. The molecule has 17 heavy (non-hydrogen) atoms. The molecule has 0 bridgehead atoms. The number of nitrogens with zero attached hydrogens (tertiary/aromatic N) is 1. The summed E-state index contributed by atoms with van der Waals surface area (Å²) in [7, 11) is 0. The van der Waals surface area contributed by atoms with Crippen LogP contribution in [-0.2, 0) is 0 Å². The lowest BCUT2D eigenvalue weighted by molar-refractivity contribution is -0.0376. The van der Waals surface area contributed by atoms with E-state index in [1.165, 1.54) is 0 Å². The topological polar surface area (TPSA) is 84.3 Å². The predicted molar refractivity (Wildman–Crippen MR) is 58.9 cm³/mol. The Labute approximate surface area is 95.2 Å². The molecule has 2 aromatic rings. The Bertz CT molecular complexity index is 527. The van der Waals surface area contributed by atoms with Crippen LogP contribution in [0.4, 0.5) is 20.5 Å². The lowest BCUT2D eigenvalue weighted by atomic mass is 10.3. The molecular formula is C10H11F2N3O2. The highest BCUT2D eigenvalue weighted by molar-refractivity contribution is 5.78. The number of nitrogens with one attached hydrogen (secondary N) is 1. The van der Waals surface area contributed by atoms with E-state index in [0.29, 0.717) is 16.8 Å². The number of hydrogen-bond donors (Lipinski definition) is 3. The van der Waals surface area contributed by atoms with Gasteiger partial charge < -0.3 is 20.6 Å². The summed E-state index contributed by atoms with van der Waals surface area (Å²) in [5.74, 6) is -3.21. The second-order valence-corrected chi connectivity index (χ2v) is 3.61. The Kier molecular flexibility index (Phi) is 2.84. The summed E-state index contributed by atoms with van der Waals surface area (Å²) in [6, 6.07) is 4.78. The van der Waals surface area contributed by atoms with Gasteiger partial charge in [0.25, 0.3) is 11.9 Å². The van der Waals surface area contributed by atoms with Crippen molar-refractivity contribution < 1.29 is 18.3 Å². The Balaban J connectivity index is 2.15. The van der Waals surface area contributed by atoms with Gasteiger partial charge in [-0.2, -0.15) is 4.98 Å². The predicted octanol–water partition coefficient (Wildman–Crippen LogP) is 1.45. The summed E-state index contributed by atoms with van der Waals surface area (Å²) in [4.78, 5) is 3.94. The molecule has 7 heteroatoms. The van der Waals surface area contributed by atoms with Gasteiger partial charge in [0.05, 0.1) is 6.54 Å². The molecule has 0 aliphatic rings. The van der Waals surface area contributed by atoms with Crippen LogP contribution in [0, 0.1) is 0 Å². The van der Waals surface area contributed by atoms with Gasteiger partial charge in [-0.3, -0.25) is 0 Å². The minimum absolute atomic E-state index is 0.0290. The van der Waals surface area contributed by atoms with E-state index in [4.69, 9.17) is 15.3 Å². The third-order valence-corrected chi connectivity index (χ3v) is 2.14. The third kappa shape index (κ3) is 2.62. The van der Waals surface area contributed by atoms with Crippen molar-refractivity contribution in [1.29, 1.82) is 0 Å². The molecule has 0 atom stereocenters. The van der Waals surface area contributed by atoms with Crippen molar-refractivity contribution in [3.05, 3.63) is 18.2 Å². The molecule has 1 heterocycles. The summed E-state index contributed by atoms with van der Waals surface area (Å²) >= 11 is 0. The number of hydrogen-bond acceptors (Lipinski definition) is 5. The average Bonchev–Trinajstić information content (AvgIpc) is 2.68. The summed E-state index contributed by atoms with van der Waals surface area (Å²) < 4.78 is 30.7. The van der Waals surface area contributed by atoms with E-state index in [2.05, 4.69) is 10.3 Å². The minimum Gasteiger partial charge on any atom is -0.424 e. The number of aliphatic hydroxyl groups excluding tert-OH is 1. The number of nitrogen functional groups attached to an aromatic ring is 1. The first-order valence-corrected chi connectivity index (χ1v) is 4.89. The van der Waals surface area contributed by atoms with Crippen molar-refractivity contribution in [3.63, 3.8) is 0 Å². The monoisotopic (exact) mass is 243 g/mol. The van der Waals surface area contributed by atoms with Crippen molar-refractivity contribution in [2.24, 2.45) is 0 Å². The highest BCUT2D eigenvalue weighted by Gasteiger charge is 2.28. The van der Waals surface area contributed by atoms with E-state index in [1.54, 1.807) is 18.2 Å². The maximum Gasteiger partial charge on any atom is 0.295 e. The van der Waals surface area contributed by atoms with E-state index in [0.717, 1.165) is 0 Å². The molecule has 0 unspecified atom stereocenters. The average molecular weight is 243 g/mol. The second-order valence-electron chi connectivity index (χ2n) is 3.61. The van der Waals surface area contributed by atoms with Gasteiger partial charge in [0.1, 0.15) is 12.1 Å². The van der Waals surface area contributed by atoms with E-state index >= 15 is 0 Å². The van der Waals surface area contributed by atoms with Gasteiger partial charge >= 0.3 is 0 Å². The molecule has 2 rings (SSSR count). The number of fused-ring (bicyclic) bond motifs is 1. The number of aliphatic hydroxyl groups is 1. The van der Waals surface area contributed by atoms with Crippen LogP contribution in [0.15, 0.2) is 22.6 Å². The maximum absolute atomic E-state index is 12.8. The minimum atomic E-state index is -3.21. The smallest absolute Gasteiger partial charge is 0.295 e. The quantitative estimate of drug-likeness (QED) is 0.708. The van der Waals surface area contributed by atoms with Crippen LogP contribution in [0.5, 0.6) is 0 Å². The molecule has 0 aliphatic heterocycles. The molecule has 0 aliphatic carbocycles. The first kappa shape index (κ1) is 11.6. The lowest BCUT2D eigenvalue weighted by Crippen LogP contribution is -2.31. The fourth-order valence-corrected chi connectivity index (χ4v) is 1.28. The molecule has 0 spiro atoms. The van der Waals surface area contributed by atoms with Gasteiger partial charge in [-0.25, -0.2) is 8.78 Å². The van der Waals surface area contributed by atoms with Crippen LogP contribution < -0.4 is 11.1 Å². The van der Waals surface area contributed by atoms with Crippen molar-refractivity contribution in [2.75, 3.05) is 24.2 Å². The largest absolute Gasteiger partial charge is 0.424 e. The molecule has 5 nitrogen and oxygen atoms in total. The lowest BCUT2D eigenvalue weighted by Gasteiger charge is -2.12. The summed E-state index contributed by atoms with van der Waals surface area (Å²) in [6.07, 6.45) is 0. The van der Waals surface area contributed by atoms with Crippen LogP contribution >= 0.6 is 0 Å². The van der Waals surface area contributed by atoms with Crippen LogP contribution in [0.3, 0.4) is 0 Å². The molecule has 92 valence electrons. The molecule has 0 fully saturated rings. The van der Waals surface area contributed by atoms with Gasteiger partial charge in [-0.15, -0.1) is 0 Å². The van der Waals surface area contributed by atoms with Gasteiger partial charge in [0, 0.05) is 5.69 Å². The molecule has 4 N–H and O–H groups in total. The van der Waals surface area contributed by atoms with Crippen LogP contribution in [0.25, 0.3) is 11.1 Å². The summed E-state index contributed by atoms with van der Waals surface area (Å²) in [5, 5.41) is 10.7. The highest BCUT2D eigenvalue weighted by atomic mass is 19.3. The summed E-state index contributed by atoms with van der Waals surface area (Å²) in [5.41, 5.74) is 6.99. The molecule has 1 aromatic heterocycles. The van der Waals surface area contributed by atoms with E-state index in [9.17, 15) is 8.78 Å². The molecular weight excluding hydrogens is 232 g/mol. The van der Waals surface area contributed by atoms with E-state index < -0.39 is 19.1 Å². The molecule has 0 radical (unpaired) electrons. The van der Waals surface area contributed by atoms with Crippen molar-refractivity contribution in [3.8, 4) is 0 Å². The number of oxazole rings is 1. The normalized spacial score (nSPS) is 11.9. The number of halogens is 2. The SMILES string of the molecule is Nc1ccc2oc(NCC(F)(F)CO)nc2c1. The van der Waals surface area contributed by atoms with Crippen molar-refractivity contribution in [1.82, 2.24) is 4.98 Å². The fourth-order valence-electron chi connectivity index (χ4n) is 1.28. The molecule has 0 saturated heterocycles. The van der Waals surface area contributed by atoms with Gasteiger partial charge in [-0.05, 0) is 18.2 Å². The van der Waals surface area contributed by atoms with Gasteiger partial charge in [0.2, 0.25) is 0 Å². The van der Waals surface area contributed by atoms with E-state index in [-0.39, 0.29) is 6.01 Å².